The lowest BCUT2D eigenvalue weighted by Gasteiger charge is -2.35. The fourth-order valence-corrected chi connectivity index (χ4v) is 2.43. The van der Waals surface area contributed by atoms with Gasteiger partial charge in [0.25, 0.3) is 0 Å². The molecule has 2 heterocycles. The minimum Gasteiger partial charge on any atom is -0.390 e. The summed E-state index contributed by atoms with van der Waals surface area (Å²) in [5, 5.41) is 9.30. The first-order chi connectivity index (χ1) is 8.93. The minimum absolute atomic E-state index is 0.0101. The Hall–Kier alpha value is -0.970. The van der Waals surface area contributed by atoms with Crippen molar-refractivity contribution in [1.82, 2.24) is 4.98 Å². The molecule has 0 bridgehead atoms. The predicted molar refractivity (Wildman–Crippen MR) is 72.8 cm³/mol. The summed E-state index contributed by atoms with van der Waals surface area (Å²) >= 11 is 0. The normalized spacial score (nSPS) is 19.6. The van der Waals surface area contributed by atoms with Gasteiger partial charge in [0.2, 0.25) is 0 Å². The summed E-state index contributed by atoms with van der Waals surface area (Å²) in [4.78, 5) is 4.26. The molecule has 1 N–H and O–H groups in total. The van der Waals surface area contributed by atoms with Gasteiger partial charge in [-0.05, 0) is 50.8 Å². The Balaban J connectivity index is 2.11. The van der Waals surface area contributed by atoms with E-state index < -0.39 is 5.79 Å². The first-order valence-electron chi connectivity index (χ1n) is 6.75. The zero-order chi connectivity index (χ0) is 14.0. The molecule has 2 rings (SSSR count). The van der Waals surface area contributed by atoms with Crippen LogP contribution < -0.4 is 0 Å². The van der Waals surface area contributed by atoms with E-state index in [1.807, 2.05) is 27.0 Å². The highest BCUT2D eigenvalue weighted by Crippen LogP contribution is 2.26. The van der Waals surface area contributed by atoms with Gasteiger partial charge in [-0.2, -0.15) is 0 Å². The molecule has 1 fully saturated rings. The number of aryl methyl sites for hydroxylation is 1. The summed E-state index contributed by atoms with van der Waals surface area (Å²) in [6.07, 6.45) is 2.74. The van der Waals surface area contributed by atoms with E-state index in [1.165, 1.54) is 11.1 Å². The van der Waals surface area contributed by atoms with E-state index in [1.54, 1.807) is 0 Å². The van der Waals surface area contributed by atoms with Gasteiger partial charge < -0.3 is 14.6 Å². The first-order valence-corrected chi connectivity index (χ1v) is 6.75. The third-order valence-electron chi connectivity index (χ3n) is 3.75. The van der Waals surface area contributed by atoms with Crippen molar-refractivity contribution in [2.24, 2.45) is 5.92 Å². The molecule has 1 aliphatic rings. The lowest BCUT2D eigenvalue weighted by Crippen LogP contribution is -2.40. The van der Waals surface area contributed by atoms with Gasteiger partial charge in [0.05, 0.1) is 25.5 Å². The SMILES string of the molecule is Cc1cnc(CO)c(C)c1CC1COC(C)(C)OC1. The Bertz CT molecular complexity index is 447. The molecule has 0 unspecified atom stereocenters. The van der Waals surface area contributed by atoms with Crippen LogP contribution in [0.25, 0.3) is 0 Å². The lowest BCUT2D eigenvalue weighted by molar-refractivity contribution is -0.261. The molecule has 106 valence electrons. The molecule has 0 radical (unpaired) electrons. The topological polar surface area (TPSA) is 51.6 Å². The van der Waals surface area contributed by atoms with Crippen LogP contribution in [0.5, 0.6) is 0 Å². The number of pyridine rings is 1. The number of hydrogen-bond acceptors (Lipinski definition) is 4. The van der Waals surface area contributed by atoms with Crippen LogP contribution >= 0.6 is 0 Å². The van der Waals surface area contributed by atoms with Gasteiger partial charge in [-0.15, -0.1) is 0 Å². The number of aliphatic hydroxyl groups is 1. The van der Waals surface area contributed by atoms with Gasteiger partial charge in [0.15, 0.2) is 5.79 Å². The summed E-state index contributed by atoms with van der Waals surface area (Å²) in [5.74, 6) is -0.103. The predicted octanol–water partition coefficient (Wildman–Crippen LogP) is 2.13. The summed E-state index contributed by atoms with van der Waals surface area (Å²) < 4.78 is 11.4. The number of nitrogens with zero attached hydrogens (tertiary/aromatic N) is 1. The highest BCUT2D eigenvalue weighted by atomic mass is 16.7. The van der Waals surface area contributed by atoms with Crippen molar-refractivity contribution in [3.05, 3.63) is 28.6 Å². The van der Waals surface area contributed by atoms with E-state index in [0.29, 0.717) is 19.1 Å². The monoisotopic (exact) mass is 265 g/mol. The number of aromatic nitrogens is 1. The zero-order valence-electron chi connectivity index (χ0n) is 12.2. The summed E-state index contributed by atoms with van der Waals surface area (Å²) in [7, 11) is 0. The van der Waals surface area contributed by atoms with Crippen molar-refractivity contribution in [2.75, 3.05) is 13.2 Å². The van der Waals surface area contributed by atoms with Crippen LogP contribution in [0.3, 0.4) is 0 Å². The second-order valence-electron chi connectivity index (χ2n) is 5.74. The van der Waals surface area contributed by atoms with Gasteiger partial charge in [0, 0.05) is 12.1 Å². The van der Waals surface area contributed by atoms with Crippen molar-refractivity contribution < 1.29 is 14.6 Å². The van der Waals surface area contributed by atoms with Crippen LogP contribution in [0, 0.1) is 19.8 Å². The van der Waals surface area contributed by atoms with Gasteiger partial charge in [-0.3, -0.25) is 4.98 Å². The molecule has 4 nitrogen and oxygen atoms in total. The number of rotatable bonds is 3. The molecule has 0 aromatic carbocycles. The van der Waals surface area contributed by atoms with Gasteiger partial charge >= 0.3 is 0 Å². The van der Waals surface area contributed by atoms with Crippen LogP contribution in [0.2, 0.25) is 0 Å². The molecule has 0 amide bonds. The maximum atomic E-state index is 9.30. The molecule has 1 aromatic rings. The smallest absolute Gasteiger partial charge is 0.162 e. The largest absolute Gasteiger partial charge is 0.390 e. The minimum atomic E-state index is -0.463. The Labute approximate surface area is 114 Å². The Kier molecular flexibility index (Phi) is 4.23. The summed E-state index contributed by atoms with van der Waals surface area (Å²) in [6.45, 7) is 9.38. The van der Waals surface area contributed by atoms with E-state index in [9.17, 15) is 5.11 Å². The quantitative estimate of drug-likeness (QED) is 0.909. The van der Waals surface area contributed by atoms with Crippen LogP contribution in [0.4, 0.5) is 0 Å². The van der Waals surface area contributed by atoms with E-state index in [2.05, 4.69) is 11.9 Å². The molecule has 0 saturated carbocycles. The van der Waals surface area contributed by atoms with Gasteiger partial charge in [-0.25, -0.2) is 0 Å². The molecule has 1 aromatic heterocycles. The fraction of sp³-hybridized carbons (Fsp3) is 0.667. The first kappa shape index (κ1) is 14.4. The molecular weight excluding hydrogens is 242 g/mol. The lowest BCUT2D eigenvalue weighted by atomic mass is 9.93. The average Bonchev–Trinajstić information content (AvgIpc) is 2.36. The maximum absolute atomic E-state index is 9.30. The van der Waals surface area contributed by atoms with E-state index in [0.717, 1.165) is 17.7 Å². The van der Waals surface area contributed by atoms with E-state index >= 15 is 0 Å². The molecule has 0 spiro atoms. The third-order valence-corrected chi connectivity index (χ3v) is 3.75. The second kappa shape index (κ2) is 5.57. The van der Waals surface area contributed by atoms with Crippen molar-refractivity contribution in [3.63, 3.8) is 0 Å². The highest BCUT2D eigenvalue weighted by Gasteiger charge is 2.29. The van der Waals surface area contributed by atoms with E-state index in [4.69, 9.17) is 9.47 Å². The van der Waals surface area contributed by atoms with Crippen LogP contribution in [0.15, 0.2) is 6.20 Å². The van der Waals surface area contributed by atoms with Crippen molar-refractivity contribution in [3.8, 4) is 0 Å². The van der Waals surface area contributed by atoms with E-state index in [-0.39, 0.29) is 6.61 Å². The standard InChI is InChI=1S/C15H23NO3/c1-10-6-16-14(7-17)11(2)13(10)5-12-8-18-15(3,4)19-9-12/h6,12,17H,5,7-9H2,1-4H3. The Morgan fingerprint density at radius 3 is 2.53 bits per heavy atom. The Morgan fingerprint density at radius 2 is 1.95 bits per heavy atom. The zero-order valence-corrected chi connectivity index (χ0v) is 12.2. The number of aliphatic hydroxyl groups excluding tert-OH is 1. The molecule has 0 aliphatic carbocycles. The molecule has 1 saturated heterocycles. The number of hydrogen-bond donors (Lipinski definition) is 1. The summed E-state index contributed by atoms with van der Waals surface area (Å²) in [5.41, 5.74) is 4.28. The maximum Gasteiger partial charge on any atom is 0.162 e. The van der Waals surface area contributed by atoms with Crippen molar-refractivity contribution in [1.29, 1.82) is 0 Å². The molecule has 4 heteroatoms. The second-order valence-corrected chi connectivity index (χ2v) is 5.74. The van der Waals surface area contributed by atoms with Crippen molar-refractivity contribution >= 4 is 0 Å². The average molecular weight is 265 g/mol. The molecule has 1 aliphatic heterocycles. The van der Waals surface area contributed by atoms with Gasteiger partial charge in [0.1, 0.15) is 0 Å². The summed E-state index contributed by atoms with van der Waals surface area (Å²) in [6, 6.07) is 0. The number of ether oxygens (including phenoxy) is 2. The molecular formula is C15H23NO3. The van der Waals surface area contributed by atoms with Gasteiger partial charge in [-0.1, -0.05) is 0 Å². The van der Waals surface area contributed by atoms with Crippen LogP contribution in [-0.2, 0) is 22.5 Å². The third kappa shape index (κ3) is 3.32. The fourth-order valence-electron chi connectivity index (χ4n) is 2.43. The highest BCUT2D eigenvalue weighted by molar-refractivity contribution is 5.35. The van der Waals surface area contributed by atoms with Crippen molar-refractivity contribution in [2.45, 2.75) is 46.5 Å². The molecule has 0 atom stereocenters. The Morgan fingerprint density at radius 1 is 1.32 bits per heavy atom. The molecule has 19 heavy (non-hydrogen) atoms. The van der Waals surface area contributed by atoms with Crippen LogP contribution in [0.1, 0.15) is 36.2 Å². The van der Waals surface area contributed by atoms with Crippen LogP contribution in [-0.4, -0.2) is 29.1 Å².